The number of hydrogen-bond donors (Lipinski definition) is 2. The summed E-state index contributed by atoms with van der Waals surface area (Å²) in [4.78, 5) is 3.53. The van der Waals surface area contributed by atoms with E-state index in [1.54, 1.807) is 0 Å². The summed E-state index contributed by atoms with van der Waals surface area (Å²) in [6.45, 7) is 6.92. The van der Waals surface area contributed by atoms with Gasteiger partial charge in [-0.25, -0.2) is 0 Å². The van der Waals surface area contributed by atoms with E-state index in [0.29, 0.717) is 0 Å². The molecule has 0 bridgehead atoms. The molecule has 2 rings (SSSR count). The highest BCUT2D eigenvalue weighted by Crippen LogP contribution is 2.31. The van der Waals surface area contributed by atoms with Crippen molar-refractivity contribution in [2.24, 2.45) is 0 Å². The van der Waals surface area contributed by atoms with Crippen LogP contribution in [0.1, 0.15) is 38.4 Å². The Bertz CT molecular complexity index is 505. The van der Waals surface area contributed by atoms with Crippen molar-refractivity contribution in [1.29, 1.82) is 0 Å². The summed E-state index contributed by atoms with van der Waals surface area (Å²) < 4.78 is 0. The van der Waals surface area contributed by atoms with Crippen LogP contribution in [0.5, 0.6) is 0 Å². The number of nitrogens with one attached hydrogen (secondary N) is 1. The first-order chi connectivity index (χ1) is 8.04. The second-order valence-corrected chi connectivity index (χ2v) is 5.60. The van der Waals surface area contributed by atoms with E-state index in [-0.39, 0.29) is 12.0 Å². The monoisotopic (exact) mass is 231 g/mol. The second-order valence-electron chi connectivity index (χ2n) is 5.60. The highest BCUT2D eigenvalue weighted by Gasteiger charge is 2.21. The molecule has 0 fully saturated rings. The van der Waals surface area contributed by atoms with Gasteiger partial charge in [-0.15, -0.1) is 0 Å². The third-order valence-corrected chi connectivity index (χ3v) is 3.15. The van der Waals surface area contributed by atoms with Crippen LogP contribution in [0.25, 0.3) is 10.9 Å². The van der Waals surface area contributed by atoms with Crippen molar-refractivity contribution >= 4 is 10.9 Å². The van der Waals surface area contributed by atoms with E-state index in [1.807, 2.05) is 0 Å². The largest absolute Gasteiger partial charge is 0.396 e. The van der Waals surface area contributed by atoms with Crippen molar-refractivity contribution in [2.45, 2.75) is 39.0 Å². The van der Waals surface area contributed by atoms with Gasteiger partial charge < -0.3 is 10.1 Å². The summed E-state index contributed by atoms with van der Waals surface area (Å²) >= 11 is 0. The van der Waals surface area contributed by atoms with Crippen LogP contribution >= 0.6 is 0 Å². The predicted molar refractivity (Wildman–Crippen MR) is 72.4 cm³/mol. The molecule has 2 N–H and O–H groups in total. The van der Waals surface area contributed by atoms with Crippen LogP contribution in [0.4, 0.5) is 0 Å². The molecule has 0 aliphatic carbocycles. The average Bonchev–Trinajstić information content (AvgIpc) is 2.65. The van der Waals surface area contributed by atoms with E-state index in [0.717, 1.165) is 12.8 Å². The van der Waals surface area contributed by atoms with Crippen LogP contribution in [-0.4, -0.2) is 16.7 Å². The molecule has 0 saturated heterocycles. The van der Waals surface area contributed by atoms with Crippen molar-refractivity contribution in [3.8, 4) is 0 Å². The Morgan fingerprint density at radius 1 is 1.18 bits per heavy atom. The fraction of sp³-hybridized carbons (Fsp3) is 0.467. The Morgan fingerprint density at radius 3 is 2.53 bits per heavy atom. The van der Waals surface area contributed by atoms with E-state index in [1.165, 1.54) is 22.2 Å². The third kappa shape index (κ3) is 2.37. The Balaban J connectivity index is 2.57. The van der Waals surface area contributed by atoms with Crippen molar-refractivity contribution in [1.82, 2.24) is 4.98 Å². The first-order valence-corrected chi connectivity index (χ1v) is 6.25. The van der Waals surface area contributed by atoms with Crippen LogP contribution in [0.2, 0.25) is 0 Å². The summed E-state index contributed by atoms with van der Waals surface area (Å²) in [5.74, 6) is 0. The molecule has 2 nitrogen and oxygen atoms in total. The Morgan fingerprint density at radius 2 is 1.88 bits per heavy atom. The number of rotatable bonds is 3. The van der Waals surface area contributed by atoms with Crippen LogP contribution in [-0.2, 0) is 11.8 Å². The lowest BCUT2D eigenvalue weighted by Crippen LogP contribution is -2.14. The van der Waals surface area contributed by atoms with Gasteiger partial charge in [0, 0.05) is 28.6 Å². The fourth-order valence-electron chi connectivity index (χ4n) is 2.36. The molecule has 2 heteroatoms. The van der Waals surface area contributed by atoms with Crippen LogP contribution in [0.3, 0.4) is 0 Å². The number of fused-ring (bicyclic) bond motifs is 1. The average molecular weight is 231 g/mol. The van der Waals surface area contributed by atoms with E-state index >= 15 is 0 Å². The Labute approximate surface area is 103 Å². The molecule has 0 atom stereocenters. The molecule has 2 aromatic rings. The maximum absolute atomic E-state index is 9.02. The maximum atomic E-state index is 9.02. The highest BCUT2D eigenvalue weighted by molar-refractivity contribution is 5.85. The van der Waals surface area contributed by atoms with E-state index in [2.05, 4.69) is 50.0 Å². The van der Waals surface area contributed by atoms with Gasteiger partial charge in [-0.05, 0) is 24.5 Å². The molecular formula is C15H21NO. The normalized spacial score (nSPS) is 12.2. The van der Waals surface area contributed by atoms with Crippen LogP contribution in [0.15, 0.2) is 24.3 Å². The lowest BCUT2D eigenvalue weighted by Gasteiger charge is -2.19. The Hall–Kier alpha value is -1.28. The molecule has 1 aromatic heterocycles. The summed E-state index contributed by atoms with van der Waals surface area (Å²) in [7, 11) is 0. The first-order valence-electron chi connectivity index (χ1n) is 6.25. The highest BCUT2D eigenvalue weighted by atomic mass is 16.2. The predicted octanol–water partition coefficient (Wildman–Crippen LogP) is 3.39. The summed E-state index contributed by atoms with van der Waals surface area (Å²) in [6, 6.07) is 8.41. The van der Waals surface area contributed by atoms with Gasteiger partial charge in [0.25, 0.3) is 0 Å². The fourth-order valence-corrected chi connectivity index (χ4v) is 2.36. The molecule has 0 aliphatic heterocycles. The van der Waals surface area contributed by atoms with Gasteiger partial charge in [0.05, 0.1) is 0 Å². The van der Waals surface area contributed by atoms with Crippen molar-refractivity contribution in [3.05, 3.63) is 35.5 Å². The standard InChI is InChI=1S/C15H21NO/c1-15(2,3)14-12(8-6-10-17)11-7-4-5-9-13(11)16-14/h4-5,7,9,16-17H,6,8,10H2,1-3H3. The number of benzene rings is 1. The molecule has 1 aromatic carbocycles. The number of para-hydroxylation sites is 1. The van der Waals surface area contributed by atoms with E-state index in [9.17, 15) is 0 Å². The molecule has 0 spiro atoms. The number of aliphatic hydroxyl groups excluding tert-OH is 1. The van der Waals surface area contributed by atoms with Gasteiger partial charge in [-0.3, -0.25) is 0 Å². The zero-order chi connectivity index (χ0) is 12.5. The van der Waals surface area contributed by atoms with Crippen LogP contribution < -0.4 is 0 Å². The van der Waals surface area contributed by atoms with Gasteiger partial charge in [0.1, 0.15) is 0 Å². The van der Waals surface area contributed by atoms with Gasteiger partial charge in [-0.1, -0.05) is 39.0 Å². The summed E-state index contributed by atoms with van der Waals surface area (Å²) in [5, 5.41) is 10.3. The van der Waals surface area contributed by atoms with Crippen molar-refractivity contribution < 1.29 is 5.11 Å². The quantitative estimate of drug-likeness (QED) is 0.834. The molecule has 17 heavy (non-hydrogen) atoms. The molecule has 1 heterocycles. The van der Waals surface area contributed by atoms with Gasteiger partial charge in [-0.2, -0.15) is 0 Å². The molecule has 0 radical (unpaired) electrons. The second kappa shape index (κ2) is 4.53. The molecule has 0 unspecified atom stereocenters. The number of aromatic amines is 1. The van der Waals surface area contributed by atoms with Gasteiger partial charge >= 0.3 is 0 Å². The third-order valence-electron chi connectivity index (χ3n) is 3.15. The lowest BCUT2D eigenvalue weighted by atomic mass is 9.87. The number of aryl methyl sites for hydroxylation is 1. The van der Waals surface area contributed by atoms with Gasteiger partial charge in [0.2, 0.25) is 0 Å². The molecule has 0 amide bonds. The zero-order valence-electron chi connectivity index (χ0n) is 10.9. The van der Waals surface area contributed by atoms with E-state index in [4.69, 9.17) is 5.11 Å². The van der Waals surface area contributed by atoms with Crippen molar-refractivity contribution in [2.75, 3.05) is 6.61 Å². The minimum absolute atomic E-state index is 0.115. The summed E-state index contributed by atoms with van der Waals surface area (Å²) in [6.07, 6.45) is 1.76. The SMILES string of the molecule is CC(C)(C)c1[nH]c2ccccc2c1CCCO. The minimum atomic E-state index is 0.115. The van der Waals surface area contributed by atoms with Crippen molar-refractivity contribution in [3.63, 3.8) is 0 Å². The molecule has 0 saturated carbocycles. The maximum Gasteiger partial charge on any atom is 0.0459 e. The molecule has 0 aliphatic rings. The minimum Gasteiger partial charge on any atom is -0.396 e. The number of aromatic nitrogens is 1. The Kier molecular flexibility index (Phi) is 3.25. The lowest BCUT2D eigenvalue weighted by molar-refractivity contribution is 0.288. The van der Waals surface area contributed by atoms with Gasteiger partial charge in [0.15, 0.2) is 0 Å². The number of hydrogen-bond acceptors (Lipinski definition) is 1. The topological polar surface area (TPSA) is 36.0 Å². The number of H-pyrrole nitrogens is 1. The smallest absolute Gasteiger partial charge is 0.0459 e. The van der Waals surface area contributed by atoms with Crippen LogP contribution in [0, 0.1) is 0 Å². The molecular weight excluding hydrogens is 210 g/mol. The zero-order valence-corrected chi connectivity index (χ0v) is 10.9. The summed E-state index contributed by atoms with van der Waals surface area (Å²) in [5.41, 5.74) is 3.98. The molecule has 92 valence electrons. The number of aliphatic hydroxyl groups is 1. The first kappa shape index (κ1) is 12.2. The van der Waals surface area contributed by atoms with E-state index < -0.39 is 0 Å².